The molecule has 5 heteroatoms. The van der Waals surface area contributed by atoms with Gasteiger partial charge in [0.05, 0.1) is 6.42 Å². The van der Waals surface area contributed by atoms with E-state index in [-0.39, 0.29) is 17.4 Å². The first-order valence-electron chi connectivity index (χ1n) is 11.8. The highest BCUT2D eigenvalue weighted by atomic mass is 16.2. The maximum atomic E-state index is 12.8. The van der Waals surface area contributed by atoms with E-state index in [1.807, 2.05) is 41.0 Å². The molecule has 32 heavy (non-hydrogen) atoms. The van der Waals surface area contributed by atoms with Crippen LogP contribution in [0, 0.1) is 6.92 Å². The van der Waals surface area contributed by atoms with Gasteiger partial charge < -0.3 is 15.1 Å². The average molecular weight is 434 g/mol. The molecule has 1 atom stereocenters. The largest absolute Gasteiger partial charge is 0.339 e. The summed E-state index contributed by atoms with van der Waals surface area (Å²) in [5.74, 6) is 0.496. The minimum Gasteiger partial charge on any atom is -0.339 e. The summed E-state index contributed by atoms with van der Waals surface area (Å²) in [6, 6.07) is 16.7. The van der Waals surface area contributed by atoms with Gasteiger partial charge in [-0.1, -0.05) is 67.9 Å². The maximum Gasteiger partial charge on any atom is 0.317 e. The van der Waals surface area contributed by atoms with Gasteiger partial charge in [0.25, 0.3) is 0 Å². The Labute approximate surface area is 191 Å². The van der Waals surface area contributed by atoms with Gasteiger partial charge in [0.15, 0.2) is 0 Å². The molecule has 2 aliphatic rings. The number of amides is 3. The van der Waals surface area contributed by atoms with Crippen molar-refractivity contribution >= 4 is 11.9 Å². The van der Waals surface area contributed by atoms with Gasteiger partial charge >= 0.3 is 6.03 Å². The number of nitrogens with one attached hydrogen (secondary N) is 1. The lowest BCUT2D eigenvalue weighted by Gasteiger charge is -2.38. The molecule has 1 aliphatic heterocycles. The number of fused-ring (bicyclic) bond motifs is 1. The monoisotopic (exact) mass is 433 g/mol. The van der Waals surface area contributed by atoms with Crippen molar-refractivity contribution in [1.82, 2.24) is 15.1 Å². The number of nitrogens with zero attached hydrogens (tertiary/aromatic N) is 2. The lowest BCUT2D eigenvalue weighted by molar-refractivity contribution is -0.131. The van der Waals surface area contributed by atoms with Gasteiger partial charge in [0, 0.05) is 38.6 Å². The van der Waals surface area contributed by atoms with Crippen molar-refractivity contribution < 1.29 is 9.59 Å². The first-order valence-corrected chi connectivity index (χ1v) is 11.8. The van der Waals surface area contributed by atoms with Gasteiger partial charge in [-0.3, -0.25) is 4.79 Å². The first-order chi connectivity index (χ1) is 15.3. The zero-order chi connectivity index (χ0) is 22.7. The third-order valence-corrected chi connectivity index (χ3v) is 7.14. The van der Waals surface area contributed by atoms with Gasteiger partial charge in [0.1, 0.15) is 0 Å². The maximum absolute atomic E-state index is 12.8. The van der Waals surface area contributed by atoms with Crippen LogP contribution in [-0.2, 0) is 16.6 Å². The van der Waals surface area contributed by atoms with Crippen LogP contribution in [0.1, 0.15) is 54.9 Å². The van der Waals surface area contributed by atoms with Crippen LogP contribution < -0.4 is 5.32 Å². The Balaban J connectivity index is 1.26. The van der Waals surface area contributed by atoms with Crippen molar-refractivity contribution in [2.75, 3.05) is 32.7 Å². The number of carbonyl (C=O) groups is 2. The molecule has 1 heterocycles. The summed E-state index contributed by atoms with van der Waals surface area (Å²) in [7, 11) is 0. The molecule has 1 unspecified atom stereocenters. The van der Waals surface area contributed by atoms with E-state index in [1.165, 1.54) is 16.7 Å². The number of hydrogen-bond acceptors (Lipinski definition) is 2. The fraction of sp³-hybridized carbons (Fsp3) is 0.481. The Kier molecular flexibility index (Phi) is 6.54. The molecule has 1 aliphatic carbocycles. The fourth-order valence-electron chi connectivity index (χ4n) is 4.98. The Morgan fingerprint density at radius 1 is 0.969 bits per heavy atom. The van der Waals surface area contributed by atoms with E-state index >= 15 is 0 Å². The third-order valence-electron chi connectivity index (χ3n) is 7.14. The van der Waals surface area contributed by atoms with Crippen molar-refractivity contribution in [3.63, 3.8) is 0 Å². The summed E-state index contributed by atoms with van der Waals surface area (Å²) in [5.41, 5.74) is 5.21. The quantitative estimate of drug-likeness (QED) is 0.784. The molecule has 1 N–H and O–H groups in total. The van der Waals surface area contributed by atoms with Crippen molar-refractivity contribution in [1.29, 1.82) is 0 Å². The molecule has 3 amide bonds. The normalized spacial score (nSPS) is 19.9. The van der Waals surface area contributed by atoms with Crippen LogP contribution in [0.3, 0.4) is 0 Å². The Hall–Kier alpha value is -2.82. The molecule has 1 fully saturated rings. The van der Waals surface area contributed by atoms with Gasteiger partial charge in [-0.2, -0.15) is 0 Å². The van der Waals surface area contributed by atoms with Crippen LogP contribution in [-0.4, -0.2) is 54.5 Å². The van der Waals surface area contributed by atoms with E-state index in [2.05, 4.69) is 43.4 Å². The summed E-state index contributed by atoms with van der Waals surface area (Å²) in [4.78, 5) is 29.1. The van der Waals surface area contributed by atoms with Crippen LogP contribution in [0.25, 0.3) is 0 Å². The van der Waals surface area contributed by atoms with Crippen LogP contribution in [0.15, 0.2) is 48.5 Å². The van der Waals surface area contributed by atoms with E-state index in [4.69, 9.17) is 0 Å². The molecule has 170 valence electrons. The summed E-state index contributed by atoms with van der Waals surface area (Å²) in [6.07, 6.45) is 2.64. The van der Waals surface area contributed by atoms with Crippen molar-refractivity contribution in [2.24, 2.45) is 0 Å². The number of carbonyl (C=O) groups excluding carboxylic acids is 2. The minimum atomic E-state index is -0.0158. The highest BCUT2D eigenvalue weighted by Crippen LogP contribution is 2.42. The van der Waals surface area contributed by atoms with E-state index in [0.717, 1.165) is 18.4 Å². The Morgan fingerprint density at radius 2 is 1.62 bits per heavy atom. The second-order valence-electron chi connectivity index (χ2n) is 9.92. The van der Waals surface area contributed by atoms with E-state index in [1.54, 1.807) is 0 Å². The fourth-order valence-corrected chi connectivity index (χ4v) is 4.98. The predicted molar refractivity (Wildman–Crippen MR) is 128 cm³/mol. The summed E-state index contributed by atoms with van der Waals surface area (Å²) < 4.78 is 0. The highest BCUT2D eigenvalue weighted by molar-refractivity contribution is 5.79. The van der Waals surface area contributed by atoms with E-state index in [0.29, 0.717) is 45.1 Å². The number of piperazine rings is 1. The van der Waals surface area contributed by atoms with Crippen molar-refractivity contribution in [3.05, 3.63) is 70.8 Å². The lowest BCUT2D eigenvalue weighted by Crippen LogP contribution is -2.53. The van der Waals surface area contributed by atoms with Crippen LogP contribution in [0.4, 0.5) is 4.79 Å². The van der Waals surface area contributed by atoms with Gasteiger partial charge in [-0.15, -0.1) is 0 Å². The smallest absolute Gasteiger partial charge is 0.317 e. The van der Waals surface area contributed by atoms with Crippen molar-refractivity contribution in [3.8, 4) is 0 Å². The summed E-state index contributed by atoms with van der Waals surface area (Å²) >= 11 is 0. The molecule has 2 aromatic carbocycles. The SMILES string of the molecule is Cc1ccc(CC(=O)N2CCN(C(=O)NCC3CCC(C)(C)c4ccccc43)CC2)cc1. The second-order valence-corrected chi connectivity index (χ2v) is 9.92. The zero-order valence-corrected chi connectivity index (χ0v) is 19.6. The molecule has 0 saturated carbocycles. The van der Waals surface area contributed by atoms with Crippen LogP contribution in [0.5, 0.6) is 0 Å². The predicted octanol–water partition coefficient (Wildman–Crippen LogP) is 4.25. The molecule has 0 aromatic heterocycles. The number of hydrogen-bond donors (Lipinski definition) is 1. The first kappa shape index (κ1) is 22.4. The van der Waals surface area contributed by atoms with Gasteiger partial charge in [0.2, 0.25) is 5.91 Å². The number of rotatable bonds is 4. The molecule has 5 nitrogen and oxygen atoms in total. The topological polar surface area (TPSA) is 52.7 Å². The van der Waals surface area contributed by atoms with Crippen LogP contribution >= 0.6 is 0 Å². The molecule has 0 bridgehead atoms. The molecular formula is C27H35N3O2. The minimum absolute atomic E-state index is 0.0158. The van der Waals surface area contributed by atoms with E-state index in [9.17, 15) is 9.59 Å². The average Bonchev–Trinajstić information content (AvgIpc) is 2.80. The molecule has 2 aromatic rings. The van der Waals surface area contributed by atoms with Gasteiger partial charge in [-0.05, 0) is 41.9 Å². The van der Waals surface area contributed by atoms with Gasteiger partial charge in [-0.25, -0.2) is 4.79 Å². The third kappa shape index (κ3) is 4.98. The standard InChI is InChI=1S/C27H35N3O2/c1-20-8-10-21(11-9-20)18-25(31)29-14-16-30(17-15-29)26(32)28-19-22-12-13-27(2,3)24-7-5-4-6-23(22)24/h4-11,22H,12-19H2,1-3H3,(H,28,32). The Morgan fingerprint density at radius 3 is 2.34 bits per heavy atom. The molecule has 0 spiro atoms. The molecular weight excluding hydrogens is 398 g/mol. The Bertz CT molecular complexity index is 959. The summed E-state index contributed by atoms with van der Waals surface area (Å²) in [5, 5.41) is 3.16. The van der Waals surface area contributed by atoms with Crippen LogP contribution in [0.2, 0.25) is 0 Å². The van der Waals surface area contributed by atoms with E-state index < -0.39 is 0 Å². The highest BCUT2D eigenvalue weighted by Gasteiger charge is 2.32. The zero-order valence-electron chi connectivity index (χ0n) is 19.6. The number of aryl methyl sites for hydroxylation is 1. The molecule has 4 rings (SSSR count). The summed E-state index contributed by atoms with van der Waals surface area (Å²) in [6.45, 7) is 9.68. The second kappa shape index (κ2) is 9.35. The van der Waals surface area contributed by atoms with Crippen molar-refractivity contribution in [2.45, 2.75) is 51.4 Å². The number of benzene rings is 2. The molecule has 0 radical (unpaired) electrons. The number of urea groups is 1. The molecule has 1 saturated heterocycles. The lowest BCUT2D eigenvalue weighted by atomic mass is 9.69.